The van der Waals surface area contributed by atoms with Crippen LogP contribution in [0.1, 0.15) is 34.0 Å². The Morgan fingerprint density at radius 2 is 2.27 bits per heavy atom. The molecular formula is C11H10BrNO2. The molecule has 0 amide bonds. The van der Waals surface area contributed by atoms with Gasteiger partial charge in [-0.1, -0.05) is 28.9 Å². The van der Waals surface area contributed by atoms with Crippen molar-refractivity contribution < 1.29 is 9.90 Å². The number of nitriles is 1. The molecule has 0 aromatic heterocycles. The van der Waals surface area contributed by atoms with Crippen LogP contribution in [0.3, 0.4) is 0 Å². The van der Waals surface area contributed by atoms with Crippen molar-refractivity contribution in [2.75, 3.05) is 0 Å². The van der Waals surface area contributed by atoms with Crippen molar-refractivity contribution in [3.8, 4) is 6.07 Å². The minimum atomic E-state index is -1.05. The van der Waals surface area contributed by atoms with Crippen LogP contribution in [0, 0.1) is 11.3 Å². The van der Waals surface area contributed by atoms with Crippen molar-refractivity contribution in [2.24, 2.45) is 0 Å². The van der Waals surface area contributed by atoms with Gasteiger partial charge in [0.05, 0.1) is 11.1 Å². The summed E-state index contributed by atoms with van der Waals surface area (Å²) in [6, 6.07) is 5.38. The predicted octanol–water partition coefficient (Wildman–Crippen LogP) is 2.71. The topological polar surface area (TPSA) is 61.1 Å². The quantitative estimate of drug-likeness (QED) is 0.857. The van der Waals surface area contributed by atoms with Crippen LogP contribution in [0.2, 0.25) is 0 Å². The Morgan fingerprint density at radius 3 is 2.67 bits per heavy atom. The fraction of sp³-hybridized carbons (Fsp3) is 0.273. The number of carboxylic acids is 1. The Bertz CT molecular complexity index is 435. The zero-order valence-corrected chi connectivity index (χ0v) is 9.84. The molecule has 1 aromatic carbocycles. The molecule has 1 N–H and O–H groups in total. The van der Waals surface area contributed by atoms with Gasteiger partial charge in [0, 0.05) is 5.33 Å². The Morgan fingerprint density at radius 1 is 1.60 bits per heavy atom. The van der Waals surface area contributed by atoms with Crippen molar-refractivity contribution in [3.63, 3.8) is 0 Å². The van der Waals surface area contributed by atoms with Gasteiger partial charge in [-0.2, -0.15) is 5.26 Å². The highest BCUT2D eigenvalue weighted by Crippen LogP contribution is 2.20. The second kappa shape index (κ2) is 4.94. The van der Waals surface area contributed by atoms with E-state index in [9.17, 15) is 4.79 Å². The summed E-state index contributed by atoms with van der Waals surface area (Å²) in [4.78, 5) is 11.0. The van der Waals surface area contributed by atoms with Gasteiger partial charge in [-0.05, 0) is 23.6 Å². The Kier molecular flexibility index (Phi) is 3.87. The first kappa shape index (κ1) is 11.7. The number of carboxylic acid groups (broad SMARTS) is 1. The molecule has 0 heterocycles. The first-order valence-corrected chi connectivity index (χ1v) is 5.61. The molecule has 0 atom stereocenters. The number of hydrogen-bond acceptors (Lipinski definition) is 2. The molecule has 78 valence electrons. The van der Waals surface area contributed by atoms with Crippen molar-refractivity contribution in [3.05, 3.63) is 34.4 Å². The third kappa shape index (κ3) is 2.37. The molecular weight excluding hydrogens is 258 g/mol. The van der Waals surface area contributed by atoms with Crippen molar-refractivity contribution >= 4 is 21.9 Å². The minimum absolute atomic E-state index is 0.103. The standard InChI is InChI=1S/C11H10BrNO2/c1-2-7-3-8(5-12)10(11(14)15)9(4-7)6-13/h3-4H,2,5H2,1H3,(H,14,15). The molecule has 1 rings (SSSR count). The van der Waals surface area contributed by atoms with E-state index in [0.717, 1.165) is 12.0 Å². The SMILES string of the molecule is CCc1cc(C#N)c(C(=O)O)c(CBr)c1. The summed E-state index contributed by atoms with van der Waals surface area (Å²) in [5, 5.41) is 18.3. The second-order valence-electron chi connectivity index (χ2n) is 3.08. The first-order chi connectivity index (χ1) is 7.13. The van der Waals surface area contributed by atoms with Crippen LogP contribution in [0.5, 0.6) is 0 Å². The number of nitrogens with zero attached hydrogens (tertiary/aromatic N) is 1. The van der Waals surface area contributed by atoms with Crippen LogP contribution in [-0.4, -0.2) is 11.1 Å². The fourth-order valence-corrected chi connectivity index (χ4v) is 1.86. The summed E-state index contributed by atoms with van der Waals surface area (Å²) in [7, 11) is 0. The fourth-order valence-electron chi connectivity index (χ4n) is 1.42. The molecule has 0 aliphatic heterocycles. The smallest absolute Gasteiger partial charge is 0.337 e. The summed E-state index contributed by atoms with van der Waals surface area (Å²) in [5.74, 6) is -1.05. The monoisotopic (exact) mass is 267 g/mol. The minimum Gasteiger partial charge on any atom is -0.478 e. The summed E-state index contributed by atoms with van der Waals surface area (Å²) < 4.78 is 0. The molecule has 0 unspecified atom stereocenters. The van der Waals surface area contributed by atoms with Crippen molar-refractivity contribution in [2.45, 2.75) is 18.7 Å². The van der Waals surface area contributed by atoms with Crippen LogP contribution < -0.4 is 0 Å². The summed E-state index contributed by atoms with van der Waals surface area (Å²) in [5.41, 5.74) is 1.97. The Balaban J connectivity index is 3.48. The molecule has 0 saturated carbocycles. The van der Waals surface area contributed by atoms with E-state index in [1.54, 1.807) is 6.07 Å². The lowest BCUT2D eigenvalue weighted by Gasteiger charge is -2.07. The van der Waals surface area contributed by atoms with Gasteiger partial charge in [0.25, 0.3) is 0 Å². The number of aromatic carboxylic acids is 1. The van der Waals surface area contributed by atoms with E-state index < -0.39 is 5.97 Å². The largest absolute Gasteiger partial charge is 0.478 e. The zero-order valence-electron chi connectivity index (χ0n) is 8.25. The maximum Gasteiger partial charge on any atom is 0.337 e. The van der Waals surface area contributed by atoms with E-state index in [4.69, 9.17) is 10.4 Å². The number of carbonyl (C=O) groups is 1. The van der Waals surface area contributed by atoms with Gasteiger partial charge in [-0.25, -0.2) is 4.79 Å². The molecule has 0 bridgehead atoms. The van der Waals surface area contributed by atoms with E-state index in [1.165, 1.54) is 0 Å². The predicted molar refractivity (Wildman–Crippen MR) is 60.1 cm³/mol. The number of rotatable bonds is 3. The average Bonchev–Trinajstić information content (AvgIpc) is 2.26. The van der Waals surface area contributed by atoms with Gasteiger partial charge >= 0.3 is 5.97 Å². The molecule has 15 heavy (non-hydrogen) atoms. The molecule has 4 heteroatoms. The van der Waals surface area contributed by atoms with Crippen LogP contribution in [0.4, 0.5) is 0 Å². The summed E-state index contributed by atoms with van der Waals surface area (Å²) >= 11 is 3.23. The van der Waals surface area contributed by atoms with Gasteiger partial charge in [0.15, 0.2) is 0 Å². The summed E-state index contributed by atoms with van der Waals surface area (Å²) in [6.07, 6.45) is 0.786. The van der Waals surface area contributed by atoms with Crippen LogP contribution in [-0.2, 0) is 11.8 Å². The lowest BCUT2D eigenvalue weighted by atomic mass is 9.98. The highest BCUT2D eigenvalue weighted by molar-refractivity contribution is 9.08. The number of aryl methyl sites for hydroxylation is 1. The van der Waals surface area contributed by atoms with E-state index in [1.807, 2.05) is 19.1 Å². The molecule has 1 aromatic rings. The van der Waals surface area contributed by atoms with Crippen molar-refractivity contribution in [1.29, 1.82) is 5.26 Å². The Labute approximate surface area is 96.5 Å². The number of hydrogen-bond donors (Lipinski definition) is 1. The third-order valence-corrected chi connectivity index (χ3v) is 2.77. The highest BCUT2D eigenvalue weighted by atomic mass is 79.9. The van der Waals surface area contributed by atoms with Gasteiger partial charge in [0.1, 0.15) is 6.07 Å². The van der Waals surface area contributed by atoms with Gasteiger partial charge in [-0.15, -0.1) is 0 Å². The molecule has 0 aliphatic carbocycles. The van der Waals surface area contributed by atoms with Gasteiger partial charge in [0.2, 0.25) is 0 Å². The van der Waals surface area contributed by atoms with E-state index in [0.29, 0.717) is 10.9 Å². The lowest BCUT2D eigenvalue weighted by Crippen LogP contribution is -2.06. The molecule has 0 spiro atoms. The van der Waals surface area contributed by atoms with E-state index in [-0.39, 0.29) is 11.1 Å². The number of alkyl halides is 1. The van der Waals surface area contributed by atoms with E-state index in [2.05, 4.69) is 15.9 Å². The average molecular weight is 268 g/mol. The lowest BCUT2D eigenvalue weighted by molar-refractivity contribution is 0.0695. The molecule has 0 fully saturated rings. The zero-order chi connectivity index (χ0) is 11.4. The molecule has 0 radical (unpaired) electrons. The maximum atomic E-state index is 11.0. The first-order valence-electron chi connectivity index (χ1n) is 4.49. The summed E-state index contributed by atoms with van der Waals surface area (Å²) in [6.45, 7) is 1.97. The third-order valence-electron chi connectivity index (χ3n) is 2.17. The van der Waals surface area contributed by atoms with Gasteiger partial charge < -0.3 is 5.11 Å². The number of benzene rings is 1. The van der Waals surface area contributed by atoms with Crippen LogP contribution in [0.15, 0.2) is 12.1 Å². The van der Waals surface area contributed by atoms with Crippen LogP contribution in [0.25, 0.3) is 0 Å². The van der Waals surface area contributed by atoms with Crippen LogP contribution >= 0.6 is 15.9 Å². The van der Waals surface area contributed by atoms with Gasteiger partial charge in [-0.3, -0.25) is 0 Å². The van der Waals surface area contributed by atoms with E-state index >= 15 is 0 Å². The number of halogens is 1. The second-order valence-corrected chi connectivity index (χ2v) is 3.64. The van der Waals surface area contributed by atoms with Crippen molar-refractivity contribution in [1.82, 2.24) is 0 Å². The normalized spacial score (nSPS) is 9.67. The molecule has 0 aliphatic rings. The molecule has 3 nitrogen and oxygen atoms in total. The highest BCUT2D eigenvalue weighted by Gasteiger charge is 2.15. The molecule has 0 saturated heterocycles. The maximum absolute atomic E-state index is 11.0. The Hall–Kier alpha value is -1.34.